The Morgan fingerprint density at radius 2 is 1.92 bits per heavy atom. The van der Waals surface area contributed by atoms with Crippen molar-refractivity contribution in [2.45, 2.75) is 0 Å². The third-order valence-corrected chi connectivity index (χ3v) is 2.26. The minimum Gasteiger partial charge on any atom is -0.306 e. The van der Waals surface area contributed by atoms with Crippen molar-refractivity contribution in [2.75, 3.05) is 11.9 Å². The van der Waals surface area contributed by atoms with Crippen molar-refractivity contribution >= 4 is 38.0 Å². The Bertz CT molecular complexity index is 286. The molecule has 0 fully saturated rings. The number of benzene rings is 1. The fourth-order valence-corrected chi connectivity index (χ4v) is 1.10. The SMILES string of the molecule is CN(C(=O)Br)c1ccc(Cl)cc1. The number of hydrogen-bond acceptors (Lipinski definition) is 1. The topological polar surface area (TPSA) is 20.3 Å². The zero-order chi connectivity index (χ0) is 9.14. The lowest BCUT2D eigenvalue weighted by Gasteiger charge is -2.12. The van der Waals surface area contributed by atoms with Crippen molar-refractivity contribution in [3.63, 3.8) is 0 Å². The van der Waals surface area contributed by atoms with E-state index in [0.29, 0.717) is 5.02 Å². The summed E-state index contributed by atoms with van der Waals surface area (Å²) in [5.41, 5.74) is 0.807. The Kier molecular flexibility index (Phi) is 3.12. The van der Waals surface area contributed by atoms with Gasteiger partial charge in [-0.1, -0.05) is 11.6 Å². The summed E-state index contributed by atoms with van der Waals surface area (Å²) in [5, 5.41) is 0.661. The molecule has 0 spiro atoms. The van der Waals surface area contributed by atoms with Crippen LogP contribution in [-0.2, 0) is 0 Å². The highest BCUT2D eigenvalue weighted by atomic mass is 79.9. The van der Waals surface area contributed by atoms with Crippen LogP contribution in [0.5, 0.6) is 0 Å². The molecule has 0 aliphatic carbocycles. The maximum Gasteiger partial charge on any atom is 0.293 e. The first-order chi connectivity index (χ1) is 5.61. The van der Waals surface area contributed by atoms with E-state index >= 15 is 0 Å². The van der Waals surface area contributed by atoms with E-state index in [9.17, 15) is 4.79 Å². The fourth-order valence-electron chi connectivity index (χ4n) is 0.766. The summed E-state index contributed by atoms with van der Waals surface area (Å²) in [6.45, 7) is 0. The van der Waals surface area contributed by atoms with Gasteiger partial charge in [0.1, 0.15) is 0 Å². The minimum atomic E-state index is -0.176. The molecule has 0 saturated heterocycles. The van der Waals surface area contributed by atoms with Crippen molar-refractivity contribution in [2.24, 2.45) is 0 Å². The molecule has 0 heterocycles. The number of amides is 1. The highest BCUT2D eigenvalue weighted by Gasteiger charge is 2.05. The molecule has 1 amide bonds. The van der Waals surface area contributed by atoms with Gasteiger partial charge in [-0.3, -0.25) is 4.79 Å². The first kappa shape index (κ1) is 9.55. The van der Waals surface area contributed by atoms with Crippen LogP contribution in [-0.4, -0.2) is 11.9 Å². The first-order valence-electron chi connectivity index (χ1n) is 3.30. The van der Waals surface area contributed by atoms with Crippen molar-refractivity contribution < 1.29 is 4.79 Å². The third kappa shape index (κ3) is 2.22. The van der Waals surface area contributed by atoms with Crippen molar-refractivity contribution in [1.82, 2.24) is 0 Å². The molecule has 0 aliphatic heterocycles. The lowest BCUT2D eigenvalue weighted by atomic mass is 10.3. The van der Waals surface area contributed by atoms with Gasteiger partial charge < -0.3 is 4.90 Å². The van der Waals surface area contributed by atoms with Crippen LogP contribution >= 0.6 is 27.5 Å². The molecule has 0 unspecified atom stereocenters. The molecule has 1 aromatic carbocycles. The molecular formula is C8H7BrClNO. The number of nitrogens with zero attached hydrogens (tertiary/aromatic N) is 1. The number of halogens is 2. The largest absolute Gasteiger partial charge is 0.306 e. The lowest BCUT2D eigenvalue weighted by Crippen LogP contribution is -2.18. The summed E-state index contributed by atoms with van der Waals surface area (Å²) in [5.74, 6) is 0. The van der Waals surface area contributed by atoms with Crippen LogP contribution in [0.2, 0.25) is 5.02 Å². The van der Waals surface area contributed by atoms with Crippen molar-refractivity contribution in [3.05, 3.63) is 29.3 Å². The summed E-state index contributed by atoms with van der Waals surface area (Å²) >= 11 is 8.53. The van der Waals surface area contributed by atoms with Crippen LogP contribution in [0.1, 0.15) is 0 Å². The lowest BCUT2D eigenvalue weighted by molar-refractivity contribution is 0.267. The van der Waals surface area contributed by atoms with Gasteiger partial charge in [-0.05, 0) is 24.3 Å². The Balaban J connectivity index is 2.89. The second kappa shape index (κ2) is 3.92. The maximum atomic E-state index is 10.8. The molecule has 0 bridgehead atoms. The second-order valence-electron chi connectivity index (χ2n) is 2.29. The number of rotatable bonds is 1. The predicted molar refractivity (Wildman–Crippen MR) is 54.2 cm³/mol. The van der Waals surface area contributed by atoms with Crippen LogP contribution in [0.3, 0.4) is 0 Å². The molecule has 0 saturated carbocycles. The van der Waals surface area contributed by atoms with Gasteiger partial charge in [-0.25, -0.2) is 0 Å². The van der Waals surface area contributed by atoms with Crippen molar-refractivity contribution in [1.29, 1.82) is 0 Å². The van der Waals surface area contributed by atoms with Crippen LogP contribution in [0.4, 0.5) is 10.5 Å². The van der Waals surface area contributed by atoms with Gasteiger partial charge in [-0.15, -0.1) is 0 Å². The van der Waals surface area contributed by atoms with E-state index in [-0.39, 0.29) is 4.82 Å². The summed E-state index contributed by atoms with van der Waals surface area (Å²) in [6.07, 6.45) is 0. The normalized spacial score (nSPS) is 9.58. The summed E-state index contributed by atoms with van der Waals surface area (Å²) in [6, 6.07) is 7.04. The zero-order valence-corrected chi connectivity index (χ0v) is 8.76. The van der Waals surface area contributed by atoms with Crippen LogP contribution in [0.15, 0.2) is 24.3 Å². The molecule has 2 nitrogen and oxygen atoms in total. The van der Waals surface area contributed by atoms with Crippen LogP contribution in [0, 0.1) is 0 Å². The van der Waals surface area contributed by atoms with E-state index in [4.69, 9.17) is 11.6 Å². The Hall–Kier alpha value is -0.540. The molecule has 0 atom stereocenters. The molecule has 1 rings (SSSR count). The van der Waals surface area contributed by atoms with Gasteiger partial charge >= 0.3 is 0 Å². The molecule has 0 aromatic heterocycles. The van der Waals surface area contributed by atoms with E-state index < -0.39 is 0 Å². The maximum absolute atomic E-state index is 10.8. The second-order valence-corrected chi connectivity index (χ2v) is 3.40. The van der Waals surface area contributed by atoms with E-state index in [2.05, 4.69) is 15.9 Å². The van der Waals surface area contributed by atoms with Gasteiger partial charge in [0.25, 0.3) is 4.82 Å². The number of anilines is 1. The third-order valence-electron chi connectivity index (χ3n) is 1.48. The van der Waals surface area contributed by atoms with Gasteiger partial charge in [0, 0.05) is 33.7 Å². The number of hydrogen-bond donors (Lipinski definition) is 0. The minimum absolute atomic E-state index is 0.176. The van der Waals surface area contributed by atoms with Crippen molar-refractivity contribution in [3.8, 4) is 0 Å². The molecule has 0 radical (unpaired) electrons. The number of carbonyl (C=O) groups excluding carboxylic acids is 1. The first-order valence-corrected chi connectivity index (χ1v) is 4.47. The van der Waals surface area contributed by atoms with Gasteiger partial charge in [0.2, 0.25) is 0 Å². The number of carbonyl (C=O) groups is 1. The highest BCUT2D eigenvalue weighted by molar-refractivity contribution is 9.18. The van der Waals surface area contributed by atoms with E-state index in [1.165, 1.54) is 4.90 Å². The van der Waals surface area contributed by atoms with Crippen LogP contribution in [0.25, 0.3) is 0 Å². The summed E-state index contributed by atoms with van der Waals surface area (Å²) in [4.78, 5) is 12.1. The quantitative estimate of drug-likeness (QED) is 0.552. The Morgan fingerprint density at radius 1 is 1.42 bits per heavy atom. The average Bonchev–Trinajstić information content (AvgIpc) is 2.04. The standard InChI is InChI=1S/C8H7BrClNO/c1-11(8(9)12)7-4-2-6(10)3-5-7/h2-5H,1H3. The Morgan fingerprint density at radius 3 is 2.33 bits per heavy atom. The van der Waals surface area contributed by atoms with E-state index in [0.717, 1.165) is 5.69 Å². The van der Waals surface area contributed by atoms with Gasteiger partial charge in [0.05, 0.1) is 0 Å². The average molecular weight is 249 g/mol. The van der Waals surface area contributed by atoms with Gasteiger partial charge in [0.15, 0.2) is 0 Å². The molecule has 12 heavy (non-hydrogen) atoms. The van der Waals surface area contributed by atoms with Crippen LogP contribution < -0.4 is 4.90 Å². The molecule has 64 valence electrons. The van der Waals surface area contributed by atoms with E-state index in [1.54, 1.807) is 31.3 Å². The summed E-state index contributed by atoms with van der Waals surface area (Å²) < 4.78 is 0. The molecule has 0 N–H and O–H groups in total. The Labute approximate surface area is 84.3 Å². The predicted octanol–water partition coefficient (Wildman–Crippen LogP) is 3.29. The molecule has 1 aromatic rings. The fraction of sp³-hybridized carbons (Fsp3) is 0.125. The molecule has 0 aliphatic rings. The summed E-state index contributed by atoms with van der Waals surface area (Å²) in [7, 11) is 1.68. The van der Waals surface area contributed by atoms with E-state index in [1.807, 2.05) is 0 Å². The smallest absolute Gasteiger partial charge is 0.293 e. The molecule has 4 heteroatoms. The molecular weight excluding hydrogens is 241 g/mol. The van der Waals surface area contributed by atoms with Gasteiger partial charge in [-0.2, -0.15) is 0 Å². The monoisotopic (exact) mass is 247 g/mol. The zero-order valence-electron chi connectivity index (χ0n) is 6.42. The highest BCUT2D eigenvalue weighted by Crippen LogP contribution is 2.17.